The summed E-state index contributed by atoms with van der Waals surface area (Å²) in [5, 5.41) is 0. The molecule has 1 heterocycles. The third-order valence-corrected chi connectivity index (χ3v) is 3.64. The van der Waals surface area contributed by atoms with E-state index in [-0.39, 0.29) is 12.0 Å². The van der Waals surface area contributed by atoms with E-state index in [1.165, 1.54) is 7.11 Å². The van der Waals surface area contributed by atoms with Gasteiger partial charge < -0.3 is 4.74 Å². The summed E-state index contributed by atoms with van der Waals surface area (Å²) in [5.41, 5.74) is 1.00. The van der Waals surface area contributed by atoms with E-state index in [4.69, 9.17) is 4.74 Å². The van der Waals surface area contributed by atoms with Crippen LogP contribution in [0.1, 0.15) is 24.4 Å². The lowest BCUT2D eigenvalue weighted by atomic mass is 10.1. The van der Waals surface area contributed by atoms with Crippen LogP contribution in [0.4, 0.5) is 0 Å². The van der Waals surface area contributed by atoms with Crippen LogP contribution >= 0.6 is 15.9 Å². The van der Waals surface area contributed by atoms with Gasteiger partial charge in [0.15, 0.2) is 0 Å². The number of carbonyl (C=O) groups excluding carboxylic acids is 1. The molecule has 0 aromatic heterocycles. The lowest BCUT2D eigenvalue weighted by Gasteiger charge is -2.25. The summed E-state index contributed by atoms with van der Waals surface area (Å²) in [6.07, 6.45) is 2.31. The Bertz CT molecular complexity index is 385. The summed E-state index contributed by atoms with van der Waals surface area (Å²) >= 11 is 3.40. The molecule has 1 aromatic carbocycles. The van der Waals surface area contributed by atoms with Crippen LogP contribution in [0.3, 0.4) is 0 Å². The zero-order valence-corrected chi connectivity index (χ0v) is 11.4. The van der Waals surface area contributed by atoms with Gasteiger partial charge in [0.1, 0.15) is 6.04 Å². The highest BCUT2D eigenvalue weighted by molar-refractivity contribution is 9.10. The third-order valence-electron chi connectivity index (χ3n) is 3.12. The lowest BCUT2D eigenvalue weighted by molar-refractivity contribution is -0.146. The number of esters is 1. The molecule has 0 aliphatic carbocycles. The van der Waals surface area contributed by atoms with Gasteiger partial charge in [0.25, 0.3) is 0 Å². The molecule has 1 atom stereocenters. The number of likely N-dealkylation sites (tertiary alicyclic amines) is 1. The molecule has 0 bridgehead atoms. The van der Waals surface area contributed by atoms with E-state index in [2.05, 4.69) is 20.8 Å². The molecule has 0 unspecified atom stereocenters. The van der Waals surface area contributed by atoms with Crippen molar-refractivity contribution in [3.63, 3.8) is 0 Å². The lowest BCUT2D eigenvalue weighted by Crippen LogP contribution is -2.32. The van der Waals surface area contributed by atoms with Crippen molar-refractivity contribution >= 4 is 21.9 Å². The first-order chi connectivity index (χ1) is 8.22. The van der Waals surface area contributed by atoms with E-state index < -0.39 is 0 Å². The number of hydrogen-bond donors (Lipinski definition) is 0. The molecule has 3 nitrogen and oxygen atoms in total. The highest BCUT2D eigenvalue weighted by Crippen LogP contribution is 2.27. The maximum absolute atomic E-state index is 11.9. The molecule has 1 saturated heterocycles. The molecule has 0 radical (unpaired) electrons. The largest absolute Gasteiger partial charge is 0.468 e. The predicted octanol–water partition coefficient (Wildman–Crippen LogP) is 2.76. The van der Waals surface area contributed by atoms with Gasteiger partial charge in [-0.2, -0.15) is 0 Å². The molecule has 17 heavy (non-hydrogen) atoms. The summed E-state index contributed by atoms with van der Waals surface area (Å²) < 4.78 is 5.94. The van der Waals surface area contributed by atoms with Gasteiger partial charge in [-0.3, -0.25) is 4.90 Å². The molecule has 0 N–H and O–H groups in total. The van der Waals surface area contributed by atoms with Crippen molar-refractivity contribution in [1.29, 1.82) is 0 Å². The van der Waals surface area contributed by atoms with E-state index in [0.717, 1.165) is 36.0 Å². The molecule has 0 spiro atoms. The standard InChI is InChI=1S/C13H16BrNO2/c1-17-13(16)12(15-8-2-3-9-15)10-4-6-11(14)7-5-10/h4-7,12H,2-3,8-9H2,1H3/t12-/m1/s1. The fourth-order valence-electron chi connectivity index (χ4n) is 2.25. The zero-order chi connectivity index (χ0) is 12.3. The van der Waals surface area contributed by atoms with Crippen LogP contribution in [0.2, 0.25) is 0 Å². The van der Waals surface area contributed by atoms with Crippen LogP contribution < -0.4 is 0 Å². The van der Waals surface area contributed by atoms with Crippen molar-refractivity contribution in [3.05, 3.63) is 34.3 Å². The van der Waals surface area contributed by atoms with Crippen molar-refractivity contribution in [2.45, 2.75) is 18.9 Å². The molecule has 2 rings (SSSR count). The van der Waals surface area contributed by atoms with Crippen LogP contribution in [0.5, 0.6) is 0 Å². The SMILES string of the molecule is COC(=O)[C@@H](c1ccc(Br)cc1)N1CCCC1. The van der Waals surface area contributed by atoms with Crippen molar-refractivity contribution in [2.24, 2.45) is 0 Å². The summed E-state index contributed by atoms with van der Waals surface area (Å²) in [5.74, 6) is -0.172. The molecule has 1 aliphatic heterocycles. The molecular formula is C13H16BrNO2. The van der Waals surface area contributed by atoms with Gasteiger partial charge in [-0.15, -0.1) is 0 Å². The van der Waals surface area contributed by atoms with Gasteiger partial charge in [0.05, 0.1) is 7.11 Å². The van der Waals surface area contributed by atoms with Gasteiger partial charge >= 0.3 is 5.97 Å². The molecule has 0 saturated carbocycles. The van der Waals surface area contributed by atoms with E-state index in [9.17, 15) is 4.79 Å². The first-order valence-corrected chi connectivity index (χ1v) is 6.59. The second-order valence-electron chi connectivity index (χ2n) is 4.22. The number of ether oxygens (including phenoxy) is 1. The number of halogens is 1. The Labute approximate surface area is 110 Å². The summed E-state index contributed by atoms with van der Waals surface area (Å²) in [6.45, 7) is 1.94. The number of rotatable bonds is 3. The predicted molar refractivity (Wildman–Crippen MR) is 69.7 cm³/mol. The minimum Gasteiger partial charge on any atom is -0.468 e. The van der Waals surface area contributed by atoms with Gasteiger partial charge in [0.2, 0.25) is 0 Å². The number of nitrogens with zero attached hydrogens (tertiary/aromatic N) is 1. The quantitative estimate of drug-likeness (QED) is 0.804. The Morgan fingerprint density at radius 3 is 2.41 bits per heavy atom. The number of hydrogen-bond acceptors (Lipinski definition) is 3. The third kappa shape index (κ3) is 2.87. The van der Waals surface area contributed by atoms with Crippen molar-refractivity contribution < 1.29 is 9.53 Å². The highest BCUT2D eigenvalue weighted by atomic mass is 79.9. The van der Waals surface area contributed by atoms with Crippen LogP contribution in [0.25, 0.3) is 0 Å². The average molecular weight is 298 g/mol. The van der Waals surface area contributed by atoms with Crippen LogP contribution in [0.15, 0.2) is 28.7 Å². The minimum absolute atomic E-state index is 0.172. The van der Waals surface area contributed by atoms with Crippen LogP contribution in [0, 0.1) is 0 Å². The molecule has 1 aliphatic rings. The summed E-state index contributed by atoms with van der Waals surface area (Å²) in [6, 6.07) is 7.62. The molecule has 92 valence electrons. The maximum Gasteiger partial charge on any atom is 0.327 e. The Hall–Kier alpha value is -0.870. The van der Waals surface area contributed by atoms with E-state index in [1.54, 1.807) is 0 Å². The minimum atomic E-state index is -0.254. The van der Waals surface area contributed by atoms with Gasteiger partial charge in [-0.25, -0.2) is 4.79 Å². The summed E-state index contributed by atoms with van der Waals surface area (Å²) in [7, 11) is 1.45. The smallest absolute Gasteiger partial charge is 0.327 e. The average Bonchev–Trinajstić information content (AvgIpc) is 2.85. The first-order valence-electron chi connectivity index (χ1n) is 5.79. The molecule has 1 fully saturated rings. The van der Waals surface area contributed by atoms with Crippen LogP contribution in [-0.4, -0.2) is 31.1 Å². The highest BCUT2D eigenvalue weighted by Gasteiger charge is 2.30. The van der Waals surface area contributed by atoms with Crippen molar-refractivity contribution in [1.82, 2.24) is 4.90 Å². The van der Waals surface area contributed by atoms with Gasteiger partial charge in [-0.1, -0.05) is 28.1 Å². The Morgan fingerprint density at radius 2 is 1.88 bits per heavy atom. The maximum atomic E-state index is 11.9. The molecular weight excluding hydrogens is 282 g/mol. The normalized spacial score (nSPS) is 18.0. The Morgan fingerprint density at radius 1 is 1.29 bits per heavy atom. The number of carbonyl (C=O) groups is 1. The molecule has 0 amide bonds. The van der Waals surface area contributed by atoms with Crippen molar-refractivity contribution in [2.75, 3.05) is 20.2 Å². The number of methoxy groups -OCH3 is 1. The topological polar surface area (TPSA) is 29.5 Å². The fourth-order valence-corrected chi connectivity index (χ4v) is 2.52. The van der Waals surface area contributed by atoms with E-state index in [0.29, 0.717) is 0 Å². The molecule has 4 heteroatoms. The second kappa shape index (κ2) is 5.65. The molecule has 1 aromatic rings. The number of benzene rings is 1. The fraction of sp³-hybridized carbons (Fsp3) is 0.462. The summed E-state index contributed by atoms with van der Waals surface area (Å²) in [4.78, 5) is 14.1. The second-order valence-corrected chi connectivity index (χ2v) is 5.14. The van der Waals surface area contributed by atoms with E-state index >= 15 is 0 Å². The van der Waals surface area contributed by atoms with Crippen LogP contribution in [-0.2, 0) is 9.53 Å². The van der Waals surface area contributed by atoms with Crippen molar-refractivity contribution in [3.8, 4) is 0 Å². The van der Waals surface area contributed by atoms with E-state index in [1.807, 2.05) is 24.3 Å². The zero-order valence-electron chi connectivity index (χ0n) is 9.86. The Balaban J connectivity index is 2.25. The first kappa shape index (κ1) is 12.6. The monoisotopic (exact) mass is 297 g/mol. The van der Waals surface area contributed by atoms with Gasteiger partial charge in [-0.05, 0) is 43.6 Å². The van der Waals surface area contributed by atoms with Gasteiger partial charge in [0, 0.05) is 4.47 Å². The Kier molecular flexibility index (Phi) is 4.18.